The summed E-state index contributed by atoms with van der Waals surface area (Å²) in [5.74, 6) is 0. The molecule has 0 aliphatic carbocycles. The van der Waals surface area contributed by atoms with Crippen molar-refractivity contribution < 1.29 is 0 Å². The Bertz CT molecular complexity index is 327. The standard InChI is InChI=1S/C12H16Cl2N2/c13-10-7-11(14)9-12(8-10)16-5-1-3-15-4-2-6-16/h7-9,15H,1-6H2. The second-order valence-corrected chi connectivity index (χ2v) is 4.94. The molecule has 1 N–H and O–H groups in total. The van der Waals surface area contributed by atoms with Crippen LogP contribution in [0.1, 0.15) is 12.8 Å². The lowest BCUT2D eigenvalue weighted by Gasteiger charge is -2.27. The molecule has 1 aliphatic rings. The third-order valence-electron chi connectivity index (χ3n) is 2.78. The summed E-state index contributed by atoms with van der Waals surface area (Å²) in [7, 11) is 0. The number of nitrogens with zero attached hydrogens (tertiary/aromatic N) is 1. The molecule has 1 saturated heterocycles. The van der Waals surface area contributed by atoms with Gasteiger partial charge in [0.05, 0.1) is 0 Å². The Morgan fingerprint density at radius 1 is 0.938 bits per heavy atom. The fourth-order valence-electron chi connectivity index (χ4n) is 2.01. The van der Waals surface area contributed by atoms with E-state index < -0.39 is 0 Å². The van der Waals surface area contributed by atoms with Crippen molar-refractivity contribution in [1.29, 1.82) is 0 Å². The normalized spacial score (nSPS) is 18.0. The van der Waals surface area contributed by atoms with Gasteiger partial charge in [-0.2, -0.15) is 0 Å². The fourth-order valence-corrected chi connectivity index (χ4v) is 2.52. The monoisotopic (exact) mass is 258 g/mol. The van der Waals surface area contributed by atoms with E-state index in [1.165, 1.54) is 0 Å². The van der Waals surface area contributed by atoms with Gasteiger partial charge in [0.2, 0.25) is 0 Å². The van der Waals surface area contributed by atoms with E-state index in [1.807, 2.05) is 12.1 Å². The molecule has 0 spiro atoms. The van der Waals surface area contributed by atoms with Gasteiger partial charge in [-0.05, 0) is 44.1 Å². The SMILES string of the molecule is Clc1cc(Cl)cc(N2CCCNCCC2)c1. The largest absolute Gasteiger partial charge is 0.371 e. The van der Waals surface area contributed by atoms with E-state index in [4.69, 9.17) is 23.2 Å². The highest BCUT2D eigenvalue weighted by Gasteiger charge is 2.09. The Morgan fingerprint density at radius 2 is 1.50 bits per heavy atom. The molecule has 16 heavy (non-hydrogen) atoms. The van der Waals surface area contributed by atoms with Crippen LogP contribution in [0.15, 0.2) is 18.2 Å². The number of nitrogens with one attached hydrogen (secondary N) is 1. The van der Waals surface area contributed by atoms with E-state index in [9.17, 15) is 0 Å². The lowest BCUT2D eigenvalue weighted by atomic mass is 10.2. The lowest BCUT2D eigenvalue weighted by Crippen LogP contribution is -2.33. The van der Waals surface area contributed by atoms with Crippen LogP contribution in [0.3, 0.4) is 0 Å². The number of halogens is 2. The van der Waals surface area contributed by atoms with Crippen molar-refractivity contribution >= 4 is 28.9 Å². The third-order valence-corrected chi connectivity index (χ3v) is 3.21. The van der Waals surface area contributed by atoms with Gasteiger partial charge in [0.25, 0.3) is 0 Å². The molecule has 1 aromatic carbocycles. The molecular weight excluding hydrogens is 243 g/mol. The van der Waals surface area contributed by atoms with Crippen molar-refractivity contribution in [3.8, 4) is 0 Å². The number of rotatable bonds is 1. The van der Waals surface area contributed by atoms with Crippen molar-refractivity contribution in [1.82, 2.24) is 5.32 Å². The van der Waals surface area contributed by atoms with E-state index in [2.05, 4.69) is 10.2 Å². The zero-order valence-electron chi connectivity index (χ0n) is 9.18. The van der Waals surface area contributed by atoms with Crippen LogP contribution in [0, 0.1) is 0 Å². The summed E-state index contributed by atoms with van der Waals surface area (Å²) in [6.45, 7) is 4.29. The van der Waals surface area contributed by atoms with Gasteiger partial charge < -0.3 is 10.2 Å². The van der Waals surface area contributed by atoms with Crippen molar-refractivity contribution in [2.24, 2.45) is 0 Å². The molecular formula is C12H16Cl2N2. The van der Waals surface area contributed by atoms with Crippen molar-refractivity contribution in [2.45, 2.75) is 12.8 Å². The predicted octanol–water partition coefficient (Wildman–Crippen LogP) is 3.18. The Morgan fingerprint density at radius 3 is 2.06 bits per heavy atom. The highest BCUT2D eigenvalue weighted by molar-refractivity contribution is 6.35. The minimum atomic E-state index is 0.711. The highest BCUT2D eigenvalue weighted by atomic mass is 35.5. The molecule has 2 rings (SSSR count). The molecule has 1 aliphatic heterocycles. The van der Waals surface area contributed by atoms with Crippen LogP contribution in [0.2, 0.25) is 10.0 Å². The molecule has 0 bridgehead atoms. The summed E-state index contributed by atoms with van der Waals surface area (Å²) in [6, 6.07) is 5.75. The number of anilines is 1. The van der Waals surface area contributed by atoms with Gasteiger partial charge >= 0.3 is 0 Å². The van der Waals surface area contributed by atoms with Crippen LogP contribution < -0.4 is 10.2 Å². The Balaban J connectivity index is 2.13. The molecule has 88 valence electrons. The Kier molecular flexibility index (Phi) is 4.33. The zero-order chi connectivity index (χ0) is 11.4. The average molecular weight is 259 g/mol. The van der Waals surface area contributed by atoms with Gasteiger partial charge in [-0.1, -0.05) is 23.2 Å². The smallest absolute Gasteiger partial charge is 0.0441 e. The number of hydrogen-bond donors (Lipinski definition) is 1. The van der Waals surface area contributed by atoms with Crippen LogP contribution in [0.4, 0.5) is 5.69 Å². The van der Waals surface area contributed by atoms with Crippen LogP contribution in [-0.2, 0) is 0 Å². The zero-order valence-corrected chi connectivity index (χ0v) is 10.7. The Labute approximate surface area is 107 Å². The molecule has 0 saturated carbocycles. The molecule has 0 unspecified atom stereocenters. The first-order chi connectivity index (χ1) is 7.75. The molecule has 2 nitrogen and oxygen atoms in total. The van der Waals surface area contributed by atoms with Crippen molar-refractivity contribution in [3.63, 3.8) is 0 Å². The molecule has 1 aromatic rings. The van der Waals surface area contributed by atoms with Crippen LogP contribution in [0.25, 0.3) is 0 Å². The van der Waals surface area contributed by atoms with Crippen molar-refractivity contribution in [2.75, 3.05) is 31.1 Å². The van der Waals surface area contributed by atoms with Gasteiger partial charge in [-0.15, -0.1) is 0 Å². The van der Waals surface area contributed by atoms with Crippen molar-refractivity contribution in [3.05, 3.63) is 28.2 Å². The van der Waals surface area contributed by atoms with Gasteiger partial charge in [0.1, 0.15) is 0 Å². The molecule has 0 amide bonds. The molecule has 0 radical (unpaired) electrons. The van der Waals surface area contributed by atoms with E-state index in [-0.39, 0.29) is 0 Å². The van der Waals surface area contributed by atoms with Gasteiger partial charge in [0.15, 0.2) is 0 Å². The molecule has 1 fully saturated rings. The van der Waals surface area contributed by atoms with Gasteiger partial charge in [-0.25, -0.2) is 0 Å². The van der Waals surface area contributed by atoms with E-state index in [0.29, 0.717) is 10.0 Å². The molecule has 1 heterocycles. The maximum atomic E-state index is 6.02. The van der Waals surface area contributed by atoms with Gasteiger partial charge in [-0.3, -0.25) is 0 Å². The first kappa shape index (κ1) is 12.0. The summed E-state index contributed by atoms with van der Waals surface area (Å²) in [5.41, 5.74) is 1.14. The fraction of sp³-hybridized carbons (Fsp3) is 0.500. The second-order valence-electron chi connectivity index (χ2n) is 4.07. The first-order valence-corrected chi connectivity index (χ1v) is 6.43. The average Bonchev–Trinajstić information content (AvgIpc) is 2.14. The highest BCUT2D eigenvalue weighted by Crippen LogP contribution is 2.25. The summed E-state index contributed by atoms with van der Waals surface area (Å²) in [6.07, 6.45) is 2.31. The summed E-state index contributed by atoms with van der Waals surface area (Å²) in [4.78, 5) is 2.36. The summed E-state index contributed by atoms with van der Waals surface area (Å²) < 4.78 is 0. The summed E-state index contributed by atoms with van der Waals surface area (Å²) in [5, 5.41) is 4.82. The topological polar surface area (TPSA) is 15.3 Å². The quantitative estimate of drug-likeness (QED) is 0.833. The van der Waals surface area contributed by atoms with E-state index >= 15 is 0 Å². The number of benzene rings is 1. The second kappa shape index (κ2) is 5.76. The summed E-state index contributed by atoms with van der Waals surface area (Å²) >= 11 is 12.0. The van der Waals surface area contributed by atoms with Crippen LogP contribution >= 0.6 is 23.2 Å². The lowest BCUT2D eigenvalue weighted by molar-refractivity contribution is 0.567. The molecule has 0 atom stereocenters. The molecule has 0 aromatic heterocycles. The maximum Gasteiger partial charge on any atom is 0.0441 e. The van der Waals surface area contributed by atoms with Gasteiger partial charge in [0, 0.05) is 28.8 Å². The van der Waals surface area contributed by atoms with Crippen LogP contribution in [0.5, 0.6) is 0 Å². The number of hydrogen-bond acceptors (Lipinski definition) is 2. The van der Waals surface area contributed by atoms with E-state index in [0.717, 1.165) is 44.7 Å². The Hall–Kier alpha value is -0.440. The maximum absolute atomic E-state index is 6.02. The van der Waals surface area contributed by atoms with E-state index in [1.54, 1.807) is 6.07 Å². The first-order valence-electron chi connectivity index (χ1n) is 5.67. The minimum Gasteiger partial charge on any atom is -0.371 e. The predicted molar refractivity (Wildman–Crippen MR) is 70.8 cm³/mol. The third kappa shape index (κ3) is 3.27. The van der Waals surface area contributed by atoms with Crippen LogP contribution in [-0.4, -0.2) is 26.2 Å². The minimum absolute atomic E-state index is 0.711. The molecule has 4 heteroatoms.